The molecule has 0 radical (unpaired) electrons. The van der Waals surface area contributed by atoms with Crippen LogP contribution in [0.15, 0.2) is 72.8 Å². The highest BCUT2D eigenvalue weighted by atomic mass is 32.1. The molecule has 0 atom stereocenters. The number of H-pyrrole nitrogens is 2. The van der Waals surface area contributed by atoms with Crippen molar-refractivity contribution in [2.75, 3.05) is 0 Å². The zero-order valence-electron chi connectivity index (χ0n) is 25.3. The van der Waals surface area contributed by atoms with Crippen molar-refractivity contribution in [1.29, 1.82) is 0 Å². The summed E-state index contributed by atoms with van der Waals surface area (Å²) in [5, 5.41) is 0. The van der Waals surface area contributed by atoms with Crippen molar-refractivity contribution >= 4 is 70.6 Å². The van der Waals surface area contributed by atoms with Crippen LogP contribution >= 0.6 is 25.3 Å². The van der Waals surface area contributed by atoms with Crippen molar-refractivity contribution in [2.24, 2.45) is 0 Å². The van der Waals surface area contributed by atoms with E-state index < -0.39 is 0 Å². The molecule has 2 aliphatic rings. The van der Waals surface area contributed by atoms with Crippen LogP contribution in [0.3, 0.4) is 0 Å². The van der Waals surface area contributed by atoms with E-state index in [0.717, 1.165) is 89.4 Å². The van der Waals surface area contributed by atoms with Crippen molar-refractivity contribution in [3.8, 4) is 22.3 Å². The van der Waals surface area contributed by atoms with Gasteiger partial charge in [-0.3, -0.25) is 0 Å². The number of thiol groups is 2. The smallest absolute Gasteiger partial charge is 0.0766 e. The third-order valence-electron chi connectivity index (χ3n) is 8.41. The molecule has 218 valence electrons. The third kappa shape index (κ3) is 5.12. The molecule has 5 aromatic rings. The topological polar surface area (TPSA) is 57.4 Å². The first-order valence-corrected chi connectivity index (χ1v) is 16.1. The summed E-state index contributed by atoms with van der Waals surface area (Å²) in [4.78, 5) is 17.9. The number of hydrogen-bond acceptors (Lipinski definition) is 4. The van der Waals surface area contributed by atoms with Crippen molar-refractivity contribution in [3.05, 3.63) is 118 Å². The molecule has 7 rings (SSSR count). The third-order valence-corrected chi connectivity index (χ3v) is 9.14. The second-order valence-electron chi connectivity index (χ2n) is 11.7. The summed E-state index contributed by atoms with van der Waals surface area (Å²) in [7, 11) is 0. The van der Waals surface area contributed by atoms with E-state index in [1.807, 2.05) is 0 Å². The predicted octanol–water partition coefficient (Wildman–Crippen LogP) is 10.2. The number of nitrogens with one attached hydrogen (secondary N) is 2. The highest BCUT2D eigenvalue weighted by Crippen LogP contribution is 2.38. The van der Waals surface area contributed by atoms with Crippen LogP contribution in [0, 0.1) is 13.8 Å². The van der Waals surface area contributed by atoms with Gasteiger partial charge in [-0.05, 0) is 109 Å². The summed E-state index contributed by atoms with van der Waals surface area (Å²) in [6.45, 7) is 8.60. The average molecular weight is 611 g/mol. The van der Waals surface area contributed by atoms with Crippen molar-refractivity contribution in [3.63, 3.8) is 0 Å². The molecular formula is C38H34N4S2. The number of aromatic amines is 2. The van der Waals surface area contributed by atoms with Crippen molar-refractivity contribution in [1.82, 2.24) is 19.9 Å². The Kier molecular flexibility index (Phi) is 7.35. The lowest BCUT2D eigenvalue weighted by Crippen LogP contribution is -1.91. The van der Waals surface area contributed by atoms with E-state index in [0.29, 0.717) is 11.5 Å². The Hall–Kier alpha value is -4.26. The van der Waals surface area contributed by atoms with Gasteiger partial charge in [-0.2, -0.15) is 25.3 Å². The van der Waals surface area contributed by atoms with Gasteiger partial charge in [-0.15, -0.1) is 0 Å². The van der Waals surface area contributed by atoms with Gasteiger partial charge in [0, 0.05) is 33.7 Å². The first-order valence-electron chi connectivity index (χ1n) is 14.8. The number of rotatable bonds is 4. The fourth-order valence-electron chi connectivity index (χ4n) is 6.35. The zero-order chi connectivity index (χ0) is 30.5. The van der Waals surface area contributed by atoms with Crippen LogP contribution < -0.4 is 0 Å². The van der Waals surface area contributed by atoms with E-state index in [1.165, 1.54) is 11.1 Å². The van der Waals surface area contributed by atoms with Crippen LogP contribution in [-0.4, -0.2) is 19.9 Å². The Balaban J connectivity index is 1.63. The Morgan fingerprint density at radius 2 is 1.02 bits per heavy atom. The monoisotopic (exact) mass is 610 g/mol. The van der Waals surface area contributed by atoms with Gasteiger partial charge in [-0.25, -0.2) is 9.97 Å². The molecule has 3 aromatic heterocycles. The Morgan fingerprint density at radius 3 is 1.45 bits per heavy atom. The lowest BCUT2D eigenvalue weighted by molar-refractivity contribution is 1.26. The van der Waals surface area contributed by atoms with Crippen LogP contribution in [-0.2, 0) is 11.5 Å². The highest BCUT2D eigenvalue weighted by molar-refractivity contribution is 7.79. The summed E-state index contributed by atoms with van der Waals surface area (Å²) >= 11 is 9.12. The van der Waals surface area contributed by atoms with E-state index in [1.54, 1.807) is 0 Å². The van der Waals surface area contributed by atoms with Gasteiger partial charge < -0.3 is 9.97 Å². The molecule has 8 bridgehead atoms. The maximum Gasteiger partial charge on any atom is 0.0766 e. The quantitative estimate of drug-likeness (QED) is 0.153. The largest absolute Gasteiger partial charge is 0.355 e. The first kappa shape index (κ1) is 28.5. The Morgan fingerprint density at radius 1 is 0.568 bits per heavy atom. The van der Waals surface area contributed by atoms with Gasteiger partial charge in [0.05, 0.1) is 33.8 Å². The minimum atomic E-state index is 0.674. The lowest BCUT2D eigenvalue weighted by atomic mass is 9.98. The maximum absolute atomic E-state index is 5.21. The highest BCUT2D eigenvalue weighted by Gasteiger charge is 2.19. The number of hydrogen-bond donors (Lipinski definition) is 4. The molecule has 44 heavy (non-hydrogen) atoms. The summed E-state index contributed by atoms with van der Waals surface area (Å²) in [6, 6.07) is 25.9. The Labute approximate surface area is 268 Å². The maximum atomic E-state index is 5.21. The molecule has 0 fully saturated rings. The number of aromatic nitrogens is 4. The molecule has 2 N–H and O–H groups in total. The molecule has 6 heteroatoms. The molecule has 0 unspecified atom stereocenters. The van der Waals surface area contributed by atoms with Gasteiger partial charge in [0.25, 0.3) is 0 Å². The summed E-state index contributed by atoms with van der Waals surface area (Å²) < 4.78 is 0. The van der Waals surface area contributed by atoms with Crippen LogP contribution in [0.4, 0.5) is 0 Å². The standard InChI is InChI=1S/C38H34N4S2/c1-21-11-29-17-30-13-23(3)37(41-30)34(28-10-6-8-26(16-28)20-44)38-24(4)14-32(42-38)18-31-12-22(2)36(40-31)33(35(21)39-29)27-9-5-7-25(15-27)19-43/h5-18,39,41,43-44H,19-20H2,1-4H3. The average Bonchev–Trinajstić information content (AvgIpc) is 3.76. The van der Waals surface area contributed by atoms with Crippen LogP contribution in [0.1, 0.15) is 58.9 Å². The molecule has 5 heterocycles. The molecular weight excluding hydrogens is 577 g/mol. The minimum absolute atomic E-state index is 0.674. The first-order chi connectivity index (χ1) is 21.3. The summed E-state index contributed by atoms with van der Waals surface area (Å²) in [5.74, 6) is 1.35. The van der Waals surface area contributed by atoms with Crippen LogP contribution in [0.2, 0.25) is 0 Å². The SMILES string of the molecule is CC1=Cc2cc3nc(c(-c4cccc(CS)c4)c4[nH]c(cc4C)cc4cc(C)c([nH]4)c(-c4cccc(CS)c4)c1n2)C(C)=C3. The lowest BCUT2D eigenvalue weighted by Gasteiger charge is -2.09. The van der Waals surface area contributed by atoms with Crippen LogP contribution in [0.25, 0.3) is 67.6 Å². The second kappa shape index (κ2) is 11.3. The summed E-state index contributed by atoms with van der Waals surface area (Å²) in [5.41, 5.74) is 19.2. The normalized spacial score (nSPS) is 12.8. The summed E-state index contributed by atoms with van der Waals surface area (Å²) in [6.07, 6.45) is 4.32. The number of allylic oxidation sites excluding steroid dienone is 2. The van der Waals surface area contributed by atoms with Gasteiger partial charge >= 0.3 is 0 Å². The van der Waals surface area contributed by atoms with E-state index in [2.05, 4.69) is 148 Å². The van der Waals surface area contributed by atoms with Gasteiger partial charge in [0.1, 0.15) is 0 Å². The predicted molar refractivity (Wildman–Crippen MR) is 194 cm³/mol. The molecule has 0 aliphatic carbocycles. The minimum Gasteiger partial charge on any atom is -0.355 e. The van der Waals surface area contributed by atoms with Crippen LogP contribution in [0.5, 0.6) is 0 Å². The van der Waals surface area contributed by atoms with Gasteiger partial charge in [0.2, 0.25) is 0 Å². The van der Waals surface area contributed by atoms with Crippen molar-refractivity contribution < 1.29 is 0 Å². The van der Waals surface area contributed by atoms with E-state index in [-0.39, 0.29) is 0 Å². The van der Waals surface area contributed by atoms with Gasteiger partial charge in [-0.1, -0.05) is 48.5 Å². The number of nitrogens with zero attached hydrogens (tertiary/aromatic N) is 2. The fourth-order valence-corrected chi connectivity index (χ4v) is 6.74. The van der Waals surface area contributed by atoms with Crippen molar-refractivity contribution in [2.45, 2.75) is 39.2 Å². The number of benzene rings is 2. The zero-order valence-corrected chi connectivity index (χ0v) is 27.1. The van der Waals surface area contributed by atoms with E-state index >= 15 is 0 Å². The number of aryl methyl sites for hydroxylation is 2. The fraction of sp³-hybridized carbons (Fsp3) is 0.158. The second-order valence-corrected chi connectivity index (χ2v) is 12.4. The van der Waals surface area contributed by atoms with E-state index in [9.17, 15) is 0 Å². The molecule has 4 nitrogen and oxygen atoms in total. The molecule has 0 amide bonds. The number of fused-ring (bicyclic) bond motifs is 8. The van der Waals surface area contributed by atoms with Gasteiger partial charge in [0.15, 0.2) is 0 Å². The molecule has 0 saturated heterocycles. The molecule has 2 aliphatic heterocycles. The molecule has 2 aromatic carbocycles. The van der Waals surface area contributed by atoms with E-state index in [4.69, 9.17) is 9.97 Å². The molecule has 0 spiro atoms. The molecule has 0 saturated carbocycles. The Bertz CT molecular complexity index is 2040.